The first kappa shape index (κ1) is 23.7. The van der Waals surface area contributed by atoms with Crippen molar-refractivity contribution < 1.29 is 22.7 Å². The molecule has 0 fully saturated rings. The number of nitrogens with one attached hydrogen (secondary N) is 2. The molecule has 0 spiro atoms. The van der Waals surface area contributed by atoms with E-state index in [0.717, 1.165) is 0 Å². The van der Waals surface area contributed by atoms with Gasteiger partial charge in [-0.25, -0.2) is 8.42 Å². The number of carbonyl (C=O) groups excluding carboxylic acids is 2. The third-order valence-corrected chi connectivity index (χ3v) is 5.88. The molecule has 2 rings (SSSR count). The van der Waals surface area contributed by atoms with Gasteiger partial charge >= 0.3 is 0 Å². The van der Waals surface area contributed by atoms with Gasteiger partial charge in [0.05, 0.1) is 17.5 Å². The Kier molecular flexibility index (Phi) is 8.22. The van der Waals surface area contributed by atoms with Crippen molar-refractivity contribution >= 4 is 39.1 Å². The van der Waals surface area contributed by atoms with Crippen LogP contribution in [0.3, 0.4) is 0 Å². The number of likely N-dealkylation sites (N-methyl/N-ethyl adjacent to an activating group) is 1. The topological polar surface area (TPSA) is 105 Å². The molecule has 30 heavy (non-hydrogen) atoms. The van der Waals surface area contributed by atoms with Gasteiger partial charge in [-0.1, -0.05) is 11.6 Å². The lowest BCUT2D eigenvalue weighted by molar-refractivity contribution is -0.131. The lowest BCUT2D eigenvalue weighted by Crippen LogP contribution is -2.46. The summed E-state index contributed by atoms with van der Waals surface area (Å²) in [4.78, 5) is 24.9. The summed E-state index contributed by atoms with van der Waals surface area (Å²) in [7, 11) is -2.33. The van der Waals surface area contributed by atoms with E-state index < -0.39 is 22.0 Å². The Morgan fingerprint density at radius 1 is 1.10 bits per heavy atom. The number of rotatable bonds is 9. The highest BCUT2D eigenvalue weighted by Gasteiger charge is 2.24. The first-order chi connectivity index (χ1) is 14.1. The largest absolute Gasteiger partial charge is 0.492 e. The lowest BCUT2D eigenvalue weighted by Gasteiger charge is -2.22. The van der Waals surface area contributed by atoms with Gasteiger partial charge < -0.3 is 15.0 Å². The van der Waals surface area contributed by atoms with E-state index in [2.05, 4.69) is 10.0 Å². The molecule has 0 saturated heterocycles. The minimum atomic E-state index is -3.90. The standard InChI is InChI=1S/C20H24ClN3O5S/c1-14(20(26)24(3)12-13-29-18-8-4-16(21)5-9-18)23-30(27,28)19-10-6-17(7-11-19)22-15(2)25/h4-11,14,23H,12-13H2,1-3H3,(H,22,25)/t14-/m0/s1. The second kappa shape index (κ2) is 10.4. The maximum Gasteiger partial charge on any atom is 0.241 e. The number of nitrogens with zero attached hydrogens (tertiary/aromatic N) is 1. The maximum atomic E-state index is 12.5. The van der Waals surface area contributed by atoms with E-state index in [0.29, 0.717) is 16.5 Å². The predicted octanol–water partition coefficient (Wildman–Crippen LogP) is 2.50. The van der Waals surface area contributed by atoms with Crippen molar-refractivity contribution in [1.82, 2.24) is 9.62 Å². The number of amides is 2. The quantitative estimate of drug-likeness (QED) is 0.607. The Bertz CT molecular complexity index is 979. The molecule has 8 nitrogen and oxygen atoms in total. The molecule has 2 N–H and O–H groups in total. The third kappa shape index (κ3) is 7.01. The van der Waals surface area contributed by atoms with Gasteiger partial charge in [0.1, 0.15) is 12.4 Å². The molecule has 2 aromatic carbocycles. The fourth-order valence-electron chi connectivity index (χ4n) is 2.54. The van der Waals surface area contributed by atoms with Crippen molar-refractivity contribution in [1.29, 1.82) is 0 Å². The van der Waals surface area contributed by atoms with Crippen molar-refractivity contribution in [3.63, 3.8) is 0 Å². The summed E-state index contributed by atoms with van der Waals surface area (Å²) in [5, 5.41) is 3.16. The monoisotopic (exact) mass is 453 g/mol. The van der Waals surface area contributed by atoms with Crippen LogP contribution in [-0.2, 0) is 19.6 Å². The van der Waals surface area contributed by atoms with Crippen LogP contribution < -0.4 is 14.8 Å². The van der Waals surface area contributed by atoms with Crippen molar-refractivity contribution in [3.05, 3.63) is 53.6 Å². The number of hydrogen-bond acceptors (Lipinski definition) is 5. The van der Waals surface area contributed by atoms with Crippen LogP contribution in [0.5, 0.6) is 5.75 Å². The molecule has 1 atom stereocenters. The first-order valence-electron chi connectivity index (χ1n) is 9.12. The van der Waals surface area contributed by atoms with Gasteiger partial charge in [0.15, 0.2) is 0 Å². The number of carbonyl (C=O) groups is 2. The molecule has 0 heterocycles. The smallest absolute Gasteiger partial charge is 0.241 e. The Hall–Kier alpha value is -2.62. The molecule has 2 aromatic rings. The summed E-state index contributed by atoms with van der Waals surface area (Å²) in [5.74, 6) is -0.0316. The molecular weight excluding hydrogens is 430 g/mol. The van der Waals surface area contributed by atoms with Crippen LogP contribution in [0.15, 0.2) is 53.4 Å². The van der Waals surface area contributed by atoms with Crippen LogP contribution in [0.2, 0.25) is 5.02 Å². The summed E-state index contributed by atoms with van der Waals surface area (Å²) in [5.41, 5.74) is 0.478. The number of hydrogen-bond donors (Lipinski definition) is 2. The summed E-state index contributed by atoms with van der Waals surface area (Å²) in [6.45, 7) is 3.35. The van der Waals surface area contributed by atoms with Crippen molar-refractivity contribution in [2.24, 2.45) is 0 Å². The van der Waals surface area contributed by atoms with Crippen LogP contribution in [0.1, 0.15) is 13.8 Å². The van der Waals surface area contributed by atoms with Crippen LogP contribution in [0, 0.1) is 0 Å². The van der Waals surface area contributed by atoms with Crippen LogP contribution in [0.25, 0.3) is 0 Å². The summed E-state index contributed by atoms with van der Waals surface area (Å²) >= 11 is 5.82. The zero-order valence-electron chi connectivity index (χ0n) is 16.9. The molecule has 0 aliphatic heterocycles. The number of ether oxygens (including phenoxy) is 1. The van der Waals surface area contributed by atoms with Crippen molar-refractivity contribution in [3.8, 4) is 5.75 Å². The predicted molar refractivity (Wildman–Crippen MR) is 115 cm³/mol. The van der Waals surface area contributed by atoms with Gasteiger partial charge in [0.2, 0.25) is 21.8 Å². The fraction of sp³-hybridized carbons (Fsp3) is 0.300. The highest BCUT2D eigenvalue weighted by molar-refractivity contribution is 7.89. The zero-order valence-corrected chi connectivity index (χ0v) is 18.5. The second-order valence-corrected chi connectivity index (χ2v) is 8.76. The molecular formula is C20H24ClN3O5S. The van der Waals surface area contributed by atoms with Gasteiger partial charge in [0, 0.05) is 24.7 Å². The Balaban J connectivity index is 1.89. The summed E-state index contributed by atoms with van der Waals surface area (Å²) in [6, 6.07) is 11.5. The summed E-state index contributed by atoms with van der Waals surface area (Å²) < 4.78 is 33.0. The first-order valence-corrected chi connectivity index (χ1v) is 11.0. The highest BCUT2D eigenvalue weighted by Crippen LogP contribution is 2.16. The minimum absolute atomic E-state index is 0.00928. The molecule has 0 saturated carbocycles. The molecule has 0 aliphatic carbocycles. The Labute approximate surface area is 181 Å². The van der Waals surface area contributed by atoms with Gasteiger partial charge in [0.25, 0.3) is 0 Å². The molecule has 0 bridgehead atoms. The number of anilines is 1. The number of halogens is 1. The Morgan fingerprint density at radius 3 is 2.27 bits per heavy atom. The van der Waals surface area contributed by atoms with Crippen molar-refractivity contribution in [2.75, 3.05) is 25.5 Å². The molecule has 0 radical (unpaired) electrons. The van der Waals surface area contributed by atoms with E-state index >= 15 is 0 Å². The average molecular weight is 454 g/mol. The van der Waals surface area contributed by atoms with E-state index in [4.69, 9.17) is 16.3 Å². The van der Waals surface area contributed by atoms with E-state index in [-0.39, 0.29) is 24.0 Å². The highest BCUT2D eigenvalue weighted by atomic mass is 35.5. The molecule has 0 aromatic heterocycles. The minimum Gasteiger partial charge on any atom is -0.492 e. The van der Waals surface area contributed by atoms with E-state index in [9.17, 15) is 18.0 Å². The van der Waals surface area contributed by atoms with E-state index in [1.807, 2.05) is 0 Å². The van der Waals surface area contributed by atoms with Gasteiger partial charge in [-0.15, -0.1) is 0 Å². The lowest BCUT2D eigenvalue weighted by atomic mass is 10.3. The van der Waals surface area contributed by atoms with Crippen LogP contribution in [-0.4, -0.2) is 51.4 Å². The average Bonchev–Trinajstić information content (AvgIpc) is 2.68. The second-order valence-electron chi connectivity index (χ2n) is 6.61. The SMILES string of the molecule is CC(=O)Nc1ccc(S(=O)(=O)N[C@@H](C)C(=O)N(C)CCOc2ccc(Cl)cc2)cc1. The third-order valence-electron chi connectivity index (χ3n) is 4.07. The zero-order chi connectivity index (χ0) is 22.3. The molecule has 0 aliphatic rings. The fourth-order valence-corrected chi connectivity index (χ4v) is 3.87. The molecule has 0 unspecified atom stereocenters. The Morgan fingerprint density at radius 2 is 1.70 bits per heavy atom. The van der Waals surface area contributed by atoms with Crippen LogP contribution in [0.4, 0.5) is 5.69 Å². The number of benzene rings is 2. The molecule has 10 heteroatoms. The summed E-state index contributed by atoms with van der Waals surface area (Å²) in [6.07, 6.45) is 0. The van der Waals surface area contributed by atoms with Gasteiger partial charge in [-0.05, 0) is 55.5 Å². The molecule has 162 valence electrons. The molecule has 2 amide bonds. The van der Waals surface area contributed by atoms with Crippen molar-refractivity contribution in [2.45, 2.75) is 24.8 Å². The van der Waals surface area contributed by atoms with Gasteiger partial charge in [-0.3, -0.25) is 9.59 Å². The normalized spacial score (nSPS) is 12.1. The van der Waals surface area contributed by atoms with E-state index in [1.54, 1.807) is 31.3 Å². The number of sulfonamides is 1. The van der Waals surface area contributed by atoms with E-state index in [1.165, 1.54) is 43.0 Å². The van der Waals surface area contributed by atoms with Gasteiger partial charge in [-0.2, -0.15) is 4.72 Å². The van der Waals surface area contributed by atoms with Crippen LogP contribution >= 0.6 is 11.6 Å². The maximum absolute atomic E-state index is 12.5.